The van der Waals surface area contributed by atoms with Gasteiger partial charge in [-0.15, -0.1) is 16.8 Å². The molecule has 2 fully saturated rings. The summed E-state index contributed by atoms with van der Waals surface area (Å²) in [4.78, 5) is 7.35. The second kappa shape index (κ2) is 8.47. The summed E-state index contributed by atoms with van der Waals surface area (Å²) in [7, 11) is 1.97. The van der Waals surface area contributed by atoms with Crippen LogP contribution in [-0.2, 0) is 13.6 Å². The molecule has 2 aliphatic rings. The Morgan fingerprint density at radius 1 is 1.32 bits per heavy atom. The van der Waals surface area contributed by atoms with Gasteiger partial charge in [-0.25, -0.2) is 4.99 Å². The fourth-order valence-corrected chi connectivity index (χ4v) is 3.76. The maximum atomic E-state index is 4.70. The second-order valence-electron chi connectivity index (χ2n) is 7.12. The highest BCUT2D eigenvalue weighted by atomic mass is 15.3. The third-order valence-electron chi connectivity index (χ3n) is 5.38. The molecule has 1 unspecified atom stereocenters. The normalized spacial score (nSPS) is 22.5. The molecular weight excluding hydrogens is 314 g/mol. The molecule has 2 N–H and O–H groups in total. The Labute approximate surface area is 150 Å². The summed E-state index contributed by atoms with van der Waals surface area (Å²) < 4.78 is 1.98. The van der Waals surface area contributed by atoms with E-state index in [2.05, 4.69) is 32.3 Å². The van der Waals surface area contributed by atoms with E-state index < -0.39 is 0 Å². The van der Waals surface area contributed by atoms with Crippen LogP contribution in [0, 0.1) is 6.92 Å². The molecule has 0 amide bonds. The number of hydrogen-bond donors (Lipinski definition) is 2. The largest absolute Gasteiger partial charge is 0.353 e. The molecule has 1 atom stereocenters. The van der Waals surface area contributed by atoms with Crippen LogP contribution in [-0.4, -0.2) is 57.3 Å². The average molecular weight is 345 g/mol. The van der Waals surface area contributed by atoms with E-state index in [-0.39, 0.29) is 0 Å². The lowest BCUT2D eigenvalue weighted by atomic mass is 10.2. The number of aromatic nitrogens is 3. The van der Waals surface area contributed by atoms with E-state index in [4.69, 9.17) is 4.99 Å². The fourth-order valence-electron chi connectivity index (χ4n) is 3.76. The highest BCUT2D eigenvalue weighted by Crippen LogP contribution is 2.26. The molecule has 0 aromatic carbocycles. The molecule has 1 aliphatic carbocycles. The van der Waals surface area contributed by atoms with Crippen LogP contribution in [0.15, 0.2) is 17.6 Å². The highest BCUT2D eigenvalue weighted by Gasteiger charge is 2.30. The monoisotopic (exact) mass is 345 g/mol. The first-order valence-electron chi connectivity index (χ1n) is 9.42. The Morgan fingerprint density at radius 2 is 2.12 bits per heavy atom. The molecule has 1 aromatic rings. The van der Waals surface area contributed by atoms with Crippen LogP contribution < -0.4 is 10.6 Å². The minimum Gasteiger partial charge on any atom is -0.353 e. The molecule has 2 heterocycles. The van der Waals surface area contributed by atoms with Crippen molar-refractivity contribution in [2.75, 3.05) is 19.6 Å². The highest BCUT2D eigenvalue weighted by molar-refractivity contribution is 5.80. The van der Waals surface area contributed by atoms with Crippen LogP contribution in [0.2, 0.25) is 0 Å². The maximum absolute atomic E-state index is 4.70. The van der Waals surface area contributed by atoms with Gasteiger partial charge in [0, 0.05) is 38.8 Å². The van der Waals surface area contributed by atoms with Gasteiger partial charge in [-0.1, -0.05) is 18.9 Å². The van der Waals surface area contributed by atoms with Crippen LogP contribution in [0.1, 0.15) is 43.8 Å². The fraction of sp³-hybridized carbons (Fsp3) is 0.722. The van der Waals surface area contributed by atoms with E-state index in [1.54, 1.807) is 0 Å². The van der Waals surface area contributed by atoms with E-state index in [0.717, 1.165) is 30.2 Å². The second-order valence-corrected chi connectivity index (χ2v) is 7.12. The minimum atomic E-state index is 0.456. The van der Waals surface area contributed by atoms with Gasteiger partial charge in [0.25, 0.3) is 0 Å². The summed E-state index contributed by atoms with van der Waals surface area (Å²) in [6.07, 6.45) is 8.55. The quantitative estimate of drug-likeness (QED) is 0.463. The molecule has 0 radical (unpaired) electrons. The van der Waals surface area contributed by atoms with Gasteiger partial charge in [0.2, 0.25) is 0 Å². The Hall–Kier alpha value is -1.89. The molecule has 0 spiro atoms. The van der Waals surface area contributed by atoms with Crippen molar-refractivity contribution in [1.29, 1.82) is 0 Å². The SMILES string of the molecule is C=CCNC(=NCc1nnc(C)n1C)NC1CCN(C2CCCC2)C1. The summed E-state index contributed by atoms with van der Waals surface area (Å²) in [6, 6.07) is 1.26. The molecule has 1 aliphatic heterocycles. The maximum Gasteiger partial charge on any atom is 0.192 e. The summed E-state index contributed by atoms with van der Waals surface area (Å²) >= 11 is 0. The van der Waals surface area contributed by atoms with Gasteiger partial charge < -0.3 is 15.2 Å². The molecule has 138 valence electrons. The van der Waals surface area contributed by atoms with Gasteiger partial charge in [-0.3, -0.25) is 4.90 Å². The van der Waals surface area contributed by atoms with Gasteiger partial charge >= 0.3 is 0 Å². The number of likely N-dealkylation sites (tertiary alicyclic amines) is 1. The Balaban J connectivity index is 1.57. The lowest BCUT2D eigenvalue weighted by Crippen LogP contribution is -2.45. The molecule has 1 saturated heterocycles. The van der Waals surface area contributed by atoms with Gasteiger partial charge in [0.15, 0.2) is 11.8 Å². The summed E-state index contributed by atoms with van der Waals surface area (Å²) in [5, 5.41) is 15.2. The van der Waals surface area contributed by atoms with Crippen molar-refractivity contribution in [3.8, 4) is 0 Å². The molecular formula is C18H31N7. The number of aryl methyl sites for hydroxylation is 1. The van der Waals surface area contributed by atoms with Crippen molar-refractivity contribution in [2.24, 2.45) is 12.0 Å². The van der Waals surface area contributed by atoms with E-state index in [1.807, 2.05) is 24.6 Å². The third kappa shape index (κ3) is 4.60. The zero-order valence-electron chi connectivity index (χ0n) is 15.5. The summed E-state index contributed by atoms with van der Waals surface area (Å²) in [5.41, 5.74) is 0. The lowest BCUT2D eigenvalue weighted by molar-refractivity contribution is 0.242. The van der Waals surface area contributed by atoms with Crippen LogP contribution >= 0.6 is 0 Å². The molecule has 1 aromatic heterocycles. The zero-order valence-corrected chi connectivity index (χ0v) is 15.5. The topological polar surface area (TPSA) is 70.4 Å². The van der Waals surface area contributed by atoms with Gasteiger partial charge in [-0.05, 0) is 26.2 Å². The number of nitrogens with zero attached hydrogens (tertiary/aromatic N) is 5. The van der Waals surface area contributed by atoms with Crippen molar-refractivity contribution in [1.82, 2.24) is 30.3 Å². The Bertz CT molecular complexity index is 601. The van der Waals surface area contributed by atoms with Crippen molar-refractivity contribution in [2.45, 2.75) is 57.7 Å². The molecule has 0 bridgehead atoms. The lowest BCUT2D eigenvalue weighted by Gasteiger charge is -2.24. The molecule has 3 rings (SSSR count). The molecule has 25 heavy (non-hydrogen) atoms. The van der Waals surface area contributed by atoms with E-state index in [0.29, 0.717) is 19.1 Å². The van der Waals surface area contributed by atoms with Gasteiger partial charge in [0.1, 0.15) is 12.4 Å². The van der Waals surface area contributed by atoms with Crippen molar-refractivity contribution >= 4 is 5.96 Å². The number of aliphatic imine (C=N–C) groups is 1. The number of rotatable bonds is 6. The molecule has 7 heteroatoms. The third-order valence-corrected chi connectivity index (χ3v) is 5.38. The van der Waals surface area contributed by atoms with Crippen molar-refractivity contribution in [3.05, 3.63) is 24.3 Å². The number of guanidine groups is 1. The predicted molar refractivity (Wildman–Crippen MR) is 100 cm³/mol. The first-order valence-corrected chi connectivity index (χ1v) is 9.42. The van der Waals surface area contributed by atoms with Crippen LogP contribution in [0.4, 0.5) is 0 Å². The summed E-state index contributed by atoms with van der Waals surface area (Å²) in [5.74, 6) is 2.61. The van der Waals surface area contributed by atoms with Crippen LogP contribution in [0.5, 0.6) is 0 Å². The van der Waals surface area contributed by atoms with Crippen LogP contribution in [0.25, 0.3) is 0 Å². The number of nitrogens with one attached hydrogen (secondary N) is 2. The van der Waals surface area contributed by atoms with Crippen molar-refractivity contribution in [3.63, 3.8) is 0 Å². The van der Waals surface area contributed by atoms with Gasteiger partial charge in [0.05, 0.1) is 0 Å². The van der Waals surface area contributed by atoms with E-state index in [9.17, 15) is 0 Å². The van der Waals surface area contributed by atoms with E-state index in [1.165, 1.54) is 38.6 Å². The van der Waals surface area contributed by atoms with Crippen LogP contribution in [0.3, 0.4) is 0 Å². The zero-order chi connectivity index (χ0) is 17.6. The minimum absolute atomic E-state index is 0.456. The summed E-state index contributed by atoms with van der Waals surface area (Å²) in [6.45, 7) is 9.26. The Morgan fingerprint density at radius 3 is 2.80 bits per heavy atom. The standard InChI is InChI=1S/C18H31N7/c1-4-10-19-18(20-12-17-23-22-14(2)24(17)3)21-15-9-11-25(13-15)16-7-5-6-8-16/h4,15-16H,1,5-13H2,2-3H3,(H2,19,20,21). The average Bonchev–Trinajstić information content (AvgIpc) is 3.34. The first kappa shape index (κ1) is 17.9. The Kier molecular flexibility index (Phi) is 6.07. The molecule has 1 saturated carbocycles. The molecule has 7 nitrogen and oxygen atoms in total. The predicted octanol–water partition coefficient (Wildman–Crippen LogP) is 1.36. The van der Waals surface area contributed by atoms with E-state index >= 15 is 0 Å². The van der Waals surface area contributed by atoms with Gasteiger partial charge in [-0.2, -0.15) is 0 Å². The first-order chi connectivity index (χ1) is 12.2. The number of hydrogen-bond acceptors (Lipinski definition) is 4. The smallest absolute Gasteiger partial charge is 0.192 e. The van der Waals surface area contributed by atoms with Crippen molar-refractivity contribution < 1.29 is 0 Å².